The predicted molar refractivity (Wildman–Crippen MR) is 162 cm³/mol. The van der Waals surface area contributed by atoms with Gasteiger partial charge in [0.2, 0.25) is 5.75 Å². The van der Waals surface area contributed by atoms with Gasteiger partial charge in [-0.3, -0.25) is 40.0 Å². The Balaban J connectivity index is 1.44. The van der Waals surface area contributed by atoms with Crippen molar-refractivity contribution in [2.75, 3.05) is 4.90 Å². The molecule has 1 aliphatic heterocycles. The summed E-state index contributed by atoms with van der Waals surface area (Å²) < 4.78 is 7.59. The Morgan fingerprint density at radius 1 is 0.907 bits per heavy atom. The molecule has 13 heteroatoms. The maximum absolute atomic E-state index is 13.5. The largest absolute Gasteiger partial charge is 0.450 e. The molecule has 1 aliphatic rings. The van der Waals surface area contributed by atoms with E-state index in [0.717, 1.165) is 34.8 Å². The molecule has 0 unspecified atom stereocenters. The molecule has 1 fully saturated rings. The van der Waals surface area contributed by atoms with Gasteiger partial charge in [-0.25, -0.2) is 0 Å². The van der Waals surface area contributed by atoms with Gasteiger partial charge in [0.25, 0.3) is 17.5 Å². The smallest absolute Gasteiger partial charge is 0.318 e. The first kappa shape index (κ1) is 28.8. The summed E-state index contributed by atoms with van der Waals surface area (Å²) in [6, 6.07) is 18.9. The normalized spacial score (nSPS) is 14.2. The van der Waals surface area contributed by atoms with Crippen LogP contribution in [0.1, 0.15) is 22.5 Å². The number of anilines is 1. The lowest BCUT2D eigenvalue weighted by Crippen LogP contribution is -2.54. The first-order valence-electron chi connectivity index (χ1n) is 12.8. The molecule has 216 valence electrons. The number of nitrogens with zero attached hydrogens (tertiary/aromatic N) is 4. The fourth-order valence-electron chi connectivity index (χ4n) is 4.82. The molecule has 5 rings (SSSR count). The van der Waals surface area contributed by atoms with Crippen LogP contribution in [0.2, 0.25) is 0 Å². The Bertz CT molecular complexity index is 1880. The molecule has 1 N–H and O–H groups in total. The van der Waals surface area contributed by atoms with Crippen LogP contribution < -0.4 is 15.0 Å². The van der Waals surface area contributed by atoms with Gasteiger partial charge in [-0.1, -0.05) is 18.2 Å². The van der Waals surface area contributed by atoms with Crippen molar-refractivity contribution in [1.29, 1.82) is 0 Å². The van der Waals surface area contributed by atoms with Crippen LogP contribution >= 0.6 is 12.2 Å². The molecular formula is C30H23N5O7S. The van der Waals surface area contributed by atoms with Crippen molar-refractivity contribution in [3.63, 3.8) is 0 Å². The summed E-state index contributed by atoms with van der Waals surface area (Å²) in [4.78, 5) is 48.6. The molecule has 0 bridgehead atoms. The molecule has 2 heterocycles. The van der Waals surface area contributed by atoms with Crippen LogP contribution in [0.3, 0.4) is 0 Å². The minimum absolute atomic E-state index is 0.00768. The van der Waals surface area contributed by atoms with Crippen molar-refractivity contribution in [2.24, 2.45) is 0 Å². The number of amides is 2. The van der Waals surface area contributed by atoms with Crippen molar-refractivity contribution in [1.82, 2.24) is 9.88 Å². The molecule has 0 atom stereocenters. The van der Waals surface area contributed by atoms with Crippen molar-refractivity contribution in [3.8, 4) is 17.2 Å². The minimum Gasteiger partial charge on any atom is -0.450 e. The van der Waals surface area contributed by atoms with Crippen LogP contribution in [-0.2, 0) is 9.59 Å². The highest BCUT2D eigenvalue weighted by molar-refractivity contribution is 7.80. The maximum atomic E-state index is 13.5. The minimum atomic E-state index is -0.746. The highest BCUT2D eigenvalue weighted by Gasteiger charge is 2.35. The van der Waals surface area contributed by atoms with Crippen LogP contribution in [0.15, 0.2) is 78.4 Å². The summed E-state index contributed by atoms with van der Waals surface area (Å²) in [5, 5.41) is 25.1. The van der Waals surface area contributed by atoms with Gasteiger partial charge < -0.3 is 9.30 Å². The van der Waals surface area contributed by atoms with E-state index >= 15 is 0 Å². The Hall–Kier alpha value is -5.69. The van der Waals surface area contributed by atoms with E-state index in [0.29, 0.717) is 11.3 Å². The molecule has 3 aromatic carbocycles. The number of hydrogen-bond acceptors (Lipinski definition) is 8. The van der Waals surface area contributed by atoms with Gasteiger partial charge >= 0.3 is 5.69 Å². The van der Waals surface area contributed by atoms with Crippen molar-refractivity contribution < 1.29 is 24.2 Å². The first-order chi connectivity index (χ1) is 20.5. The monoisotopic (exact) mass is 597 g/mol. The molecule has 0 aliphatic carbocycles. The van der Waals surface area contributed by atoms with Crippen LogP contribution in [0.4, 0.5) is 17.1 Å². The number of carbonyl (C=O) groups excluding carboxylic acids is 2. The lowest BCUT2D eigenvalue weighted by molar-refractivity contribution is -0.394. The zero-order valence-electron chi connectivity index (χ0n) is 23.1. The van der Waals surface area contributed by atoms with Gasteiger partial charge in [-0.2, -0.15) is 0 Å². The second kappa shape index (κ2) is 11.3. The summed E-state index contributed by atoms with van der Waals surface area (Å²) in [5.74, 6) is -0.983. The molecule has 43 heavy (non-hydrogen) atoms. The second-order valence-electron chi connectivity index (χ2n) is 9.67. The van der Waals surface area contributed by atoms with Crippen LogP contribution in [-0.4, -0.2) is 31.3 Å². The van der Waals surface area contributed by atoms with Crippen molar-refractivity contribution in [3.05, 3.63) is 121 Å². The van der Waals surface area contributed by atoms with E-state index in [4.69, 9.17) is 17.0 Å². The summed E-state index contributed by atoms with van der Waals surface area (Å²) in [6.45, 7) is 5.57. The Kier molecular flexibility index (Phi) is 7.57. The molecule has 1 aromatic heterocycles. The van der Waals surface area contributed by atoms with E-state index in [-0.39, 0.29) is 22.2 Å². The zero-order valence-corrected chi connectivity index (χ0v) is 23.9. The predicted octanol–water partition coefficient (Wildman–Crippen LogP) is 5.84. The topological polar surface area (TPSA) is 150 Å². The van der Waals surface area contributed by atoms with E-state index < -0.39 is 33.0 Å². The molecule has 1 saturated heterocycles. The highest BCUT2D eigenvalue weighted by Crippen LogP contribution is 2.35. The number of hydrogen-bond donors (Lipinski definition) is 1. The lowest BCUT2D eigenvalue weighted by atomic mass is 10.1. The van der Waals surface area contributed by atoms with Crippen molar-refractivity contribution >= 4 is 52.3 Å². The molecule has 0 saturated carbocycles. The third-order valence-corrected chi connectivity index (χ3v) is 7.19. The van der Waals surface area contributed by atoms with E-state index in [9.17, 15) is 29.8 Å². The van der Waals surface area contributed by atoms with Gasteiger partial charge in [0.15, 0.2) is 5.11 Å². The van der Waals surface area contributed by atoms with E-state index in [1.54, 1.807) is 36.4 Å². The fraction of sp³-hybridized carbons (Fsp3) is 0.100. The molecule has 4 aromatic rings. The number of ether oxygens (including phenoxy) is 1. The SMILES string of the molecule is Cc1ccccc1N1C(=O)/C(=C/c2cc(C)n(-c3ccc(Oc4ccc([N+](=O)[O-])cc4[N+](=O)[O-])cc3)c2C)C(=O)NC1=S. The number of benzene rings is 3. The summed E-state index contributed by atoms with van der Waals surface area (Å²) >= 11 is 5.31. The average Bonchev–Trinajstić information content (AvgIpc) is 3.24. The average molecular weight is 598 g/mol. The molecular weight excluding hydrogens is 574 g/mol. The summed E-state index contributed by atoms with van der Waals surface area (Å²) in [7, 11) is 0. The standard InChI is InChI=1S/C30H23N5O7S/c1-17-6-4-5-7-25(17)33-29(37)24(28(36)31-30(33)43)15-20-14-18(2)32(19(20)3)21-8-11-23(12-9-21)42-27-13-10-22(34(38)39)16-26(27)35(40)41/h4-16H,1-3H3,(H,31,36,43)/b24-15+. The Labute approximate surface area is 250 Å². The lowest BCUT2D eigenvalue weighted by Gasteiger charge is -2.30. The van der Waals surface area contributed by atoms with Crippen LogP contribution in [0.5, 0.6) is 11.5 Å². The molecule has 12 nitrogen and oxygen atoms in total. The van der Waals surface area contributed by atoms with Crippen molar-refractivity contribution in [2.45, 2.75) is 20.8 Å². The van der Waals surface area contributed by atoms with Gasteiger partial charge in [0.1, 0.15) is 11.3 Å². The second-order valence-corrected chi connectivity index (χ2v) is 10.1. The number of aryl methyl sites for hydroxylation is 2. The van der Waals surface area contributed by atoms with E-state index in [1.165, 1.54) is 17.0 Å². The van der Waals surface area contributed by atoms with Gasteiger partial charge in [0, 0.05) is 23.1 Å². The van der Waals surface area contributed by atoms with Crippen LogP contribution in [0.25, 0.3) is 11.8 Å². The number of nitro benzene ring substituents is 2. The summed E-state index contributed by atoms with van der Waals surface area (Å²) in [6.07, 6.45) is 1.54. The van der Waals surface area contributed by atoms with Crippen LogP contribution in [0, 0.1) is 41.0 Å². The maximum Gasteiger partial charge on any atom is 0.318 e. The quantitative estimate of drug-likeness (QED) is 0.0917. The Morgan fingerprint density at radius 3 is 2.26 bits per heavy atom. The first-order valence-corrected chi connectivity index (χ1v) is 13.2. The van der Waals surface area contributed by atoms with Gasteiger partial charge in [0.05, 0.1) is 21.6 Å². The number of carbonyl (C=O) groups is 2. The zero-order chi connectivity index (χ0) is 31.0. The third kappa shape index (κ3) is 5.48. The highest BCUT2D eigenvalue weighted by atomic mass is 32.1. The number of nitro groups is 2. The number of para-hydroxylation sites is 1. The summed E-state index contributed by atoms with van der Waals surface area (Å²) in [5.41, 5.74) is 3.33. The van der Waals surface area contributed by atoms with E-state index in [1.807, 2.05) is 43.5 Å². The molecule has 0 spiro atoms. The number of thiocarbonyl (C=S) groups is 1. The molecule has 0 radical (unpaired) electrons. The number of rotatable bonds is 7. The number of nitrogens with one attached hydrogen (secondary N) is 1. The Morgan fingerprint density at radius 2 is 1.60 bits per heavy atom. The third-order valence-electron chi connectivity index (χ3n) is 6.90. The fourth-order valence-corrected chi connectivity index (χ4v) is 5.09. The molecule has 2 amide bonds. The number of non-ortho nitro benzene ring substituents is 1. The van der Waals surface area contributed by atoms with Gasteiger partial charge in [-0.05, 0) is 92.7 Å². The van der Waals surface area contributed by atoms with Gasteiger partial charge in [-0.15, -0.1) is 0 Å². The number of aromatic nitrogens is 1. The van der Waals surface area contributed by atoms with E-state index in [2.05, 4.69) is 5.32 Å².